The first-order chi connectivity index (χ1) is 14.8. The molecule has 4 saturated carbocycles. The molecule has 0 amide bonds. The fourth-order valence-electron chi connectivity index (χ4n) is 9.41. The largest absolute Gasteiger partial charge is 0.304 e. The SMILES string of the molecule is CC([C@H]1CC[C@H]2[C@@H]3CCC4CC(C=O)CC[C@]4(C)[C@H]3CC[C@]12C)C1(N)C=CC=CC=N1. The number of aliphatic imine (C=N–C) groups is 1. The summed E-state index contributed by atoms with van der Waals surface area (Å²) in [6.07, 6.45) is 23.0. The zero-order valence-corrected chi connectivity index (χ0v) is 19.8. The van der Waals surface area contributed by atoms with Gasteiger partial charge in [0.1, 0.15) is 11.9 Å². The van der Waals surface area contributed by atoms with Gasteiger partial charge in [0.05, 0.1) is 0 Å². The lowest BCUT2D eigenvalue weighted by molar-refractivity contribution is -0.130. The van der Waals surface area contributed by atoms with E-state index in [9.17, 15) is 4.79 Å². The number of nitrogens with zero attached hydrogens (tertiary/aromatic N) is 1. The Kier molecular flexibility index (Phi) is 5.35. The van der Waals surface area contributed by atoms with E-state index in [1.165, 1.54) is 51.2 Å². The second-order valence-electron chi connectivity index (χ2n) is 12.3. The molecule has 10 atom stereocenters. The Labute approximate surface area is 189 Å². The number of allylic oxidation sites excluding steroid dienone is 3. The van der Waals surface area contributed by atoms with Crippen molar-refractivity contribution in [3.63, 3.8) is 0 Å². The number of aldehydes is 1. The lowest BCUT2D eigenvalue weighted by atomic mass is 9.44. The number of carbonyl (C=O) groups is 1. The van der Waals surface area contributed by atoms with Crippen LogP contribution in [0, 0.1) is 52.3 Å². The molecule has 4 aliphatic carbocycles. The van der Waals surface area contributed by atoms with E-state index in [2.05, 4.69) is 32.9 Å². The number of nitrogens with two attached hydrogens (primary N) is 1. The molecule has 31 heavy (non-hydrogen) atoms. The summed E-state index contributed by atoms with van der Waals surface area (Å²) in [5, 5.41) is 0. The first kappa shape index (κ1) is 21.6. The van der Waals surface area contributed by atoms with Gasteiger partial charge in [-0.2, -0.15) is 0 Å². The molecule has 4 unspecified atom stereocenters. The van der Waals surface area contributed by atoms with Crippen LogP contribution in [0.15, 0.2) is 29.3 Å². The van der Waals surface area contributed by atoms with Crippen LogP contribution in [-0.4, -0.2) is 18.2 Å². The summed E-state index contributed by atoms with van der Waals surface area (Å²) in [7, 11) is 0. The fourth-order valence-corrected chi connectivity index (χ4v) is 9.41. The van der Waals surface area contributed by atoms with E-state index < -0.39 is 5.66 Å². The third-order valence-electron chi connectivity index (χ3n) is 11.3. The van der Waals surface area contributed by atoms with E-state index >= 15 is 0 Å². The van der Waals surface area contributed by atoms with Crippen LogP contribution in [0.1, 0.15) is 78.6 Å². The molecular formula is C28H42N2O. The Balaban J connectivity index is 1.38. The molecule has 0 radical (unpaired) electrons. The van der Waals surface area contributed by atoms with Crippen LogP contribution in [0.2, 0.25) is 0 Å². The molecule has 0 aromatic rings. The van der Waals surface area contributed by atoms with Crippen LogP contribution in [-0.2, 0) is 4.79 Å². The van der Waals surface area contributed by atoms with Crippen molar-refractivity contribution in [2.24, 2.45) is 63.0 Å². The van der Waals surface area contributed by atoms with Crippen LogP contribution >= 0.6 is 0 Å². The molecule has 0 aromatic heterocycles. The average Bonchev–Trinajstić information content (AvgIpc) is 2.95. The van der Waals surface area contributed by atoms with Crippen LogP contribution in [0.3, 0.4) is 0 Å². The summed E-state index contributed by atoms with van der Waals surface area (Å²) in [5.74, 6) is 4.64. The van der Waals surface area contributed by atoms with Crippen molar-refractivity contribution in [1.82, 2.24) is 0 Å². The molecule has 5 aliphatic rings. The van der Waals surface area contributed by atoms with Crippen molar-refractivity contribution in [2.75, 3.05) is 0 Å². The van der Waals surface area contributed by atoms with Crippen molar-refractivity contribution in [2.45, 2.75) is 84.2 Å². The quantitative estimate of drug-likeness (QED) is 0.572. The van der Waals surface area contributed by atoms with Crippen molar-refractivity contribution in [3.8, 4) is 0 Å². The lowest BCUT2D eigenvalue weighted by Gasteiger charge is -2.61. The Morgan fingerprint density at radius 3 is 2.55 bits per heavy atom. The Morgan fingerprint density at radius 2 is 1.74 bits per heavy atom. The monoisotopic (exact) mass is 422 g/mol. The summed E-state index contributed by atoms with van der Waals surface area (Å²) in [6.45, 7) is 7.56. The third kappa shape index (κ3) is 3.24. The Morgan fingerprint density at radius 1 is 0.968 bits per heavy atom. The third-order valence-corrected chi connectivity index (χ3v) is 11.3. The smallest absolute Gasteiger partial charge is 0.129 e. The van der Waals surface area contributed by atoms with Gasteiger partial charge in [-0.1, -0.05) is 32.9 Å². The highest BCUT2D eigenvalue weighted by molar-refractivity contribution is 5.73. The van der Waals surface area contributed by atoms with Crippen molar-refractivity contribution in [1.29, 1.82) is 0 Å². The zero-order chi connectivity index (χ0) is 21.9. The predicted octanol–water partition coefficient (Wildman–Crippen LogP) is 5.95. The standard InChI is InChI=1S/C28H42N2O/c1-19(28(29)13-5-4-6-16-30-28)23-9-10-24-22-8-7-21-17-20(18-31)11-14-26(21,2)25(22)12-15-27(23,24)3/h4-6,13,16,18-25H,7-12,14-15,17,29H2,1-3H3/t19?,20?,21?,22-,23+,24-,25-,26-,27+,28?/m0/s1. The number of hydrogen-bond acceptors (Lipinski definition) is 3. The average molecular weight is 423 g/mol. The van der Waals surface area contributed by atoms with Gasteiger partial charge in [-0.3, -0.25) is 4.99 Å². The van der Waals surface area contributed by atoms with Gasteiger partial charge in [-0.05, 0) is 110 Å². The van der Waals surface area contributed by atoms with Gasteiger partial charge in [0.25, 0.3) is 0 Å². The molecular weight excluding hydrogens is 380 g/mol. The Hall–Kier alpha value is -1.22. The fraction of sp³-hybridized carbons (Fsp3) is 0.786. The first-order valence-electron chi connectivity index (χ1n) is 13.0. The summed E-state index contributed by atoms with van der Waals surface area (Å²) in [4.78, 5) is 16.2. The molecule has 3 nitrogen and oxygen atoms in total. The molecule has 5 rings (SSSR count). The van der Waals surface area contributed by atoms with Crippen molar-refractivity contribution < 1.29 is 4.79 Å². The molecule has 4 fully saturated rings. The normalized spacial score (nSPS) is 52.0. The maximum absolute atomic E-state index is 11.5. The molecule has 3 heteroatoms. The van der Waals surface area contributed by atoms with Gasteiger partial charge in [-0.15, -0.1) is 0 Å². The summed E-state index contributed by atoms with van der Waals surface area (Å²) < 4.78 is 0. The summed E-state index contributed by atoms with van der Waals surface area (Å²) in [5.41, 5.74) is 7.14. The highest BCUT2D eigenvalue weighted by atomic mass is 16.1. The van der Waals surface area contributed by atoms with Gasteiger partial charge >= 0.3 is 0 Å². The van der Waals surface area contributed by atoms with E-state index in [0.717, 1.165) is 36.5 Å². The van der Waals surface area contributed by atoms with E-state index in [4.69, 9.17) is 10.7 Å². The minimum Gasteiger partial charge on any atom is -0.304 e. The van der Waals surface area contributed by atoms with Crippen LogP contribution in [0.5, 0.6) is 0 Å². The first-order valence-corrected chi connectivity index (χ1v) is 13.0. The molecule has 0 bridgehead atoms. The van der Waals surface area contributed by atoms with Crippen LogP contribution < -0.4 is 5.73 Å². The maximum atomic E-state index is 11.5. The number of carbonyl (C=O) groups excluding carboxylic acids is 1. The summed E-state index contributed by atoms with van der Waals surface area (Å²) in [6, 6.07) is 0. The van der Waals surface area contributed by atoms with Crippen LogP contribution in [0.4, 0.5) is 0 Å². The molecule has 1 aliphatic heterocycles. The highest BCUT2D eigenvalue weighted by Gasteiger charge is 2.61. The van der Waals surface area contributed by atoms with E-state index in [1.54, 1.807) is 0 Å². The predicted molar refractivity (Wildman–Crippen MR) is 128 cm³/mol. The van der Waals surface area contributed by atoms with Gasteiger partial charge in [0.15, 0.2) is 0 Å². The van der Waals surface area contributed by atoms with Gasteiger partial charge in [0.2, 0.25) is 0 Å². The van der Waals surface area contributed by atoms with E-state index in [1.807, 2.05) is 18.4 Å². The number of rotatable bonds is 3. The van der Waals surface area contributed by atoms with E-state index in [0.29, 0.717) is 28.6 Å². The number of hydrogen-bond donors (Lipinski definition) is 1. The highest BCUT2D eigenvalue weighted by Crippen LogP contribution is 2.68. The van der Waals surface area contributed by atoms with Gasteiger partial charge < -0.3 is 10.5 Å². The molecule has 170 valence electrons. The van der Waals surface area contributed by atoms with Gasteiger partial charge in [0, 0.05) is 18.1 Å². The molecule has 0 saturated heterocycles. The molecule has 0 spiro atoms. The van der Waals surface area contributed by atoms with Gasteiger partial charge in [-0.25, -0.2) is 0 Å². The minimum absolute atomic E-state index is 0.323. The van der Waals surface area contributed by atoms with E-state index in [-0.39, 0.29) is 0 Å². The number of fused-ring (bicyclic) bond motifs is 5. The maximum Gasteiger partial charge on any atom is 0.129 e. The molecule has 1 heterocycles. The minimum atomic E-state index is -0.584. The lowest BCUT2D eigenvalue weighted by Crippen LogP contribution is -2.55. The molecule has 2 N–H and O–H groups in total. The second kappa shape index (κ2) is 7.68. The Bertz CT molecular complexity index is 783. The van der Waals surface area contributed by atoms with Crippen LogP contribution in [0.25, 0.3) is 0 Å². The van der Waals surface area contributed by atoms with Crippen molar-refractivity contribution in [3.05, 3.63) is 24.3 Å². The molecule has 0 aromatic carbocycles. The zero-order valence-electron chi connectivity index (χ0n) is 19.8. The second-order valence-corrected chi connectivity index (χ2v) is 12.3. The van der Waals surface area contributed by atoms with Crippen molar-refractivity contribution >= 4 is 12.5 Å². The summed E-state index contributed by atoms with van der Waals surface area (Å²) >= 11 is 0. The topological polar surface area (TPSA) is 55.5 Å².